The van der Waals surface area contributed by atoms with E-state index >= 15 is 0 Å². The Morgan fingerprint density at radius 1 is 1.21 bits per heavy atom. The summed E-state index contributed by atoms with van der Waals surface area (Å²) in [7, 11) is 0. The third-order valence-corrected chi connectivity index (χ3v) is 1.69. The van der Waals surface area contributed by atoms with Crippen LogP contribution < -0.4 is 5.73 Å². The number of nitrogens with two attached hydrogens (primary N) is 1. The molecule has 0 aliphatic heterocycles. The first-order valence-corrected chi connectivity index (χ1v) is 3.65. The molecule has 1 unspecified atom stereocenters. The predicted octanol–water partition coefficient (Wildman–Crippen LogP) is 1.94. The van der Waals surface area contributed by atoms with Gasteiger partial charge in [0, 0.05) is 11.6 Å². The highest BCUT2D eigenvalue weighted by molar-refractivity contribution is 5.36. The van der Waals surface area contributed by atoms with E-state index in [1.54, 1.807) is 0 Å². The molecule has 0 aromatic heterocycles. The van der Waals surface area contributed by atoms with Crippen LogP contribution in [0.15, 0.2) is 12.1 Å². The molecule has 3 N–H and O–H groups in total. The topological polar surface area (TPSA) is 46.2 Å². The van der Waals surface area contributed by atoms with E-state index < -0.39 is 35.4 Å². The number of benzene rings is 1. The van der Waals surface area contributed by atoms with Gasteiger partial charge in [-0.25, -0.2) is 17.6 Å². The number of phenols is 1. The van der Waals surface area contributed by atoms with Crippen molar-refractivity contribution in [3.05, 3.63) is 29.3 Å². The second-order valence-electron chi connectivity index (χ2n) is 2.69. The molecule has 0 radical (unpaired) electrons. The van der Waals surface area contributed by atoms with E-state index in [0.717, 1.165) is 0 Å². The van der Waals surface area contributed by atoms with Crippen LogP contribution in [0.2, 0.25) is 0 Å². The van der Waals surface area contributed by atoms with E-state index in [1.807, 2.05) is 0 Å². The second-order valence-corrected chi connectivity index (χ2v) is 2.69. The molecule has 0 fully saturated rings. The predicted molar refractivity (Wildman–Crippen MR) is 41.0 cm³/mol. The standard InChI is InChI=1S/C8H7F4NO/c9-3-1-4(6(13)8(11)12)7(14)5(10)2-3/h1-2,6,8,14H,13H2. The zero-order valence-electron chi connectivity index (χ0n) is 6.85. The molecule has 2 nitrogen and oxygen atoms in total. The molecule has 14 heavy (non-hydrogen) atoms. The van der Waals surface area contributed by atoms with Crippen molar-refractivity contribution in [2.45, 2.75) is 12.5 Å². The van der Waals surface area contributed by atoms with Gasteiger partial charge in [-0.05, 0) is 6.07 Å². The molecule has 0 saturated carbocycles. The Morgan fingerprint density at radius 2 is 1.79 bits per heavy atom. The molecular formula is C8H7F4NO. The van der Waals surface area contributed by atoms with Crippen molar-refractivity contribution in [2.24, 2.45) is 5.73 Å². The molecule has 1 aromatic rings. The maximum absolute atomic E-state index is 12.7. The Hall–Kier alpha value is -1.30. The van der Waals surface area contributed by atoms with Gasteiger partial charge in [0.05, 0.1) is 6.04 Å². The second kappa shape index (κ2) is 3.83. The van der Waals surface area contributed by atoms with Gasteiger partial charge in [0.1, 0.15) is 5.82 Å². The fourth-order valence-corrected chi connectivity index (χ4v) is 0.976. The molecular weight excluding hydrogens is 202 g/mol. The van der Waals surface area contributed by atoms with Gasteiger partial charge in [0.2, 0.25) is 0 Å². The van der Waals surface area contributed by atoms with Crippen molar-refractivity contribution in [1.29, 1.82) is 0 Å². The fourth-order valence-electron chi connectivity index (χ4n) is 0.976. The summed E-state index contributed by atoms with van der Waals surface area (Å²) >= 11 is 0. The lowest BCUT2D eigenvalue weighted by Crippen LogP contribution is -2.19. The molecule has 0 saturated heterocycles. The smallest absolute Gasteiger partial charge is 0.257 e. The van der Waals surface area contributed by atoms with E-state index in [0.29, 0.717) is 12.1 Å². The summed E-state index contributed by atoms with van der Waals surface area (Å²) < 4.78 is 49.4. The van der Waals surface area contributed by atoms with E-state index in [-0.39, 0.29) is 0 Å². The van der Waals surface area contributed by atoms with Crippen molar-refractivity contribution >= 4 is 0 Å². The lowest BCUT2D eigenvalue weighted by molar-refractivity contribution is 0.114. The Balaban J connectivity index is 3.20. The first kappa shape index (κ1) is 10.8. The van der Waals surface area contributed by atoms with Crippen LogP contribution in [0, 0.1) is 11.6 Å². The van der Waals surface area contributed by atoms with Gasteiger partial charge in [0.25, 0.3) is 6.43 Å². The summed E-state index contributed by atoms with van der Waals surface area (Å²) in [5.41, 5.74) is 4.29. The van der Waals surface area contributed by atoms with Crippen LogP contribution in [0.4, 0.5) is 17.6 Å². The lowest BCUT2D eigenvalue weighted by Gasteiger charge is -2.12. The van der Waals surface area contributed by atoms with Crippen LogP contribution in [-0.2, 0) is 0 Å². The minimum atomic E-state index is -3.00. The average Bonchev–Trinajstić information content (AvgIpc) is 2.09. The highest BCUT2D eigenvalue weighted by Gasteiger charge is 2.23. The van der Waals surface area contributed by atoms with Gasteiger partial charge >= 0.3 is 0 Å². The quantitative estimate of drug-likeness (QED) is 0.731. The number of phenolic OH excluding ortho intramolecular Hbond substituents is 1. The molecule has 6 heteroatoms. The molecule has 0 aliphatic carbocycles. The number of hydrogen-bond donors (Lipinski definition) is 2. The van der Waals surface area contributed by atoms with Crippen LogP contribution in [-0.4, -0.2) is 11.5 Å². The van der Waals surface area contributed by atoms with Gasteiger partial charge < -0.3 is 10.8 Å². The van der Waals surface area contributed by atoms with E-state index in [1.165, 1.54) is 0 Å². The Labute approximate surface area is 77.0 Å². The minimum absolute atomic E-state index is 0.386. The third kappa shape index (κ3) is 1.95. The zero-order valence-corrected chi connectivity index (χ0v) is 6.85. The SMILES string of the molecule is NC(c1cc(F)cc(F)c1O)C(F)F. The number of alkyl halides is 2. The highest BCUT2D eigenvalue weighted by Crippen LogP contribution is 2.29. The average molecular weight is 209 g/mol. The third-order valence-electron chi connectivity index (χ3n) is 1.69. The molecule has 78 valence electrons. The van der Waals surface area contributed by atoms with E-state index in [2.05, 4.69) is 0 Å². The van der Waals surface area contributed by atoms with Gasteiger partial charge in [-0.1, -0.05) is 0 Å². The highest BCUT2D eigenvalue weighted by atomic mass is 19.3. The number of rotatable bonds is 2. The van der Waals surface area contributed by atoms with Crippen molar-refractivity contribution < 1.29 is 22.7 Å². The molecule has 0 bridgehead atoms. The monoisotopic (exact) mass is 209 g/mol. The van der Waals surface area contributed by atoms with Crippen LogP contribution in [0.5, 0.6) is 5.75 Å². The first-order chi connectivity index (χ1) is 6.43. The van der Waals surface area contributed by atoms with Crippen LogP contribution >= 0.6 is 0 Å². The largest absolute Gasteiger partial charge is 0.505 e. The summed E-state index contributed by atoms with van der Waals surface area (Å²) in [5, 5.41) is 8.99. The zero-order chi connectivity index (χ0) is 10.9. The van der Waals surface area contributed by atoms with Crippen LogP contribution in [0.3, 0.4) is 0 Å². The minimum Gasteiger partial charge on any atom is -0.505 e. The van der Waals surface area contributed by atoms with Gasteiger partial charge in [-0.3, -0.25) is 0 Å². The Bertz CT molecular complexity index is 342. The fraction of sp³-hybridized carbons (Fsp3) is 0.250. The summed E-state index contributed by atoms with van der Waals surface area (Å²) in [6, 6.07) is -0.938. The lowest BCUT2D eigenvalue weighted by atomic mass is 10.1. The van der Waals surface area contributed by atoms with Crippen molar-refractivity contribution in [3.8, 4) is 5.75 Å². The Morgan fingerprint density at radius 3 is 2.29 bits per heavy atom. The first-order valence-electron chi connectivity index (χ1n) is 3.65. The molecule has 0 amide bonds. The number of hydrogen-bond acceptors (Lipinski definition) is 2. The molecule has 0 spiro atoms. The normalized spacial score (nSPS) is 13.3. The van der Waals surface area contributed by atoms with Gasteiger partial charge in [-0.15, -0.1) is 0 Å². The van der Waals surface area contributed by atoms with Crippen LogP contribution in [0.25, 0.3) is 0 Å². The Kier molecular flexibility index (Phi) is 2.95. The van der Waals surface area contributed by atoms with E-state index in [9.17, 15) is 17.6 Å². The maximum Gasteiger partial charge on any atom is 0.257 e. The van der Waals surface area contributed by atoms with Crippen molar-refractivity contribution in [3.63, 3.8) is 0 Å². The molecule has 1 rings (SSSR count). The van der Waals surface area contributed by atoms with Crippen LogP contribution in [0.1, 0.15) is 11.6 Å². The molecule has 0 heterocycles. The summed E-state index contributed by atoms with van der Waals surface area (Å²) in [4.78, 5) is 0. The number of aromatic hydroxyl groups is 1. The van der Waals surface area contributed by atoms with Crippen molar-refractivity contribution in [2.75, 3.05) is 0 Å². The summed E-state index contributed by atoms with van der Waals surface area (Å²) in [6.45, 7) is 0. The summed E-state index contributed by atoms with van der Waals surface area (Å²) in [5.74, 6) is -3.42. The van der Waals surface area contributed by atoms with E-state index in [4.69, 9.17) is 10.8 Å². The van der Waals surface area contributed by atoms with Gasteiger partial charge in [-0.2, -0.15) is 0 Å². The molecule has 1 aromatic carbocycles. The van der Waals surface area contributed by atoms with Gasteiger partial charge in [0.15, 0.2) is 11.6 Å². The maximum atomic E-state index is 12.7. The van der Waals surface area contributed by atoms with Crippen molar-refractivity contribution in [1.82, 2.24) is 0 Å². The molecule has 1 atom stereocenters. The summed E-state index contributed by atoms with van der Waals surface area (Å²) in [6.07, 6.45) is -3.00. The molecule has 0 aliphatic rings. The number of halogens is 4.